The SMILES string of the molecule is CC(NC(=O)c1ccccc1SCC(=O)N1CCCC1)c1cccc(C(F)(F)F)c1. The Morgan fingerprint density at radius 3 is 2.50 bits per heavy atom. The van der Waals surface area contributed by atoms with Gasteiger partial charge in [-0.1, -0.05) is 24.3 Å². The fraction of sp³-hybridized carbons (Fsp3) is 0.364. The molecule has 1 aliphatic rings. The predicted molar refractivity (Wildman–Crippen MR) is 110 cm³/mol. The monoisotopic (exact) mass is 436 g/mol. The van der Waals surface area contributed by atoms with E-state index in [9.17, 15) is 22.8 Å². The molecule has 1 aliphatic heterocycles. The molecule has 1 atom stereocenters. The Hall–Kier alpha value is -2.48. The molecule has 4 nitrogen and oxygen atoms in total. The fourth-order valence-corrected chi connectivity index (χ4v) is 4.27. The van der Waals surface area contributed by atoms with Crippen LogP contribution < -0.4 is 5.32 Å². The normalized spacial score (nSPS) is 15.1. The van der Waals surface area contributed by atoms with Gasteiger partial charge in [-0.05, 0) is 49.6 Å². The number of benzene rings is 2. The molecule has 1 unspecified atom stereocenters. The van der Waals surface area contributed by atoms with Crippen LogP contribution in [0.3, 0.4) is 0 Å². The van der Waals surface area contributed by atoms with Gasteiger partial charge in [0.2, 0.25) is 5.91 Å². The van der Waals surface area contributed by atoms with Crippen LogP contribution in [-0.4, -0.2) is 35.6 Å². The van der Waals surface area contributed by atoms with E-state index < -0.39 is 23.7 Å². The van der Waals surface area contributed by atoms with Crippen LogP contribution in [0.5, 0.6) is 0 Å². The highest BCUT2D eigenvalue weighted by Crippen LogP contribution is 2.31. The number of alkyl halides is 3. The van der Waals surface area contributed by atoms with E-state index in [-0.39, 0.29) is 11.7 Å². The quantitative estimate of drug-likeness (QED) is 0.655. The second-order valence-electron chi connectivity index (χ2n) is 7.19. The second-order valence-corrected chi connectivity index (χ2v) is 8.21. The molecule has 2 amide bonds. The van der Waals surface area contributed by atoms with Crippen molar-refractivity contribution in [1.82, 2.24) is 10.2 Å². The van der Waals surface area contributed by atoms with E-state index in [1.807, 2.05) is 4.90 Å². The Kier molecular flexibility index (Phi) is 7.07. The first-order valence-electron chi connectivity index (χ1n) is 9.73. The van der Waals surface area contributed by atoms with Crippen molar-refractivity contribution in [3.63, 3.8) is 0 Å². The second kappa shape index (κ2) is 9.55. The van der Waals surface area contributed by atoms with Gasteiger partial charge in [0.05, 0.1) is 22.9 Å². The summed E-state index contributed by atoms with van der Waals surface area (Å²) in [6, 6.07) is 11.2. The Morgan fingerprint density at radius 2 is 1.80 bits per heavy atom. The molecule has 1 saturated heterocycles. The van der Waals surface area contributed by atoms with Gasteiger partial charge in [-0.15, -0.1) is 11.8 Å². The van der Waals surface area contributed by atoms with Gasteiger partial charge in [-0.2, -0.15) is 13.2 Å². The smallest absolute Gasteiger partial charge is 0.345 e. The van der Waals surface area contributed by atoms with Crippen molar-refractivity contribution in [3.05, 3.63) is 65.2 Å². The summed E-state index contributed by atoms with van der Waals surface area (Å²) in [6.07, 6.45) is -2.41. The maximum Gasteiger partial charge on any atom is 0.416 e. The number of carbonyl (C=O) groups excluding carboxylic acids is 2. The van der Waals surface area contributed by atoms with Gasteiger partial charge in [0.15, 0.2) is 0 Å². The van der Waals surface area contributed by atoms with Crippen molar-refractivity contribution in [2.75, 3.05) is 18.8 Å². The fourth-order valence-electron chi connectivity index (χ4n) is 3.32. The molecule has 0 spiro atoms. The number of thioether (sulfide) groups is 1. The summed E-state index contributed by atoms with van der Waals surface area (Å²) in [5.74, 6) is -0.102. The Labute approximate surface area is 177 Å². The van der Waals surface area contributed by atoms with Crippen molar-refractivity contribution < 1.29 is 22.8 Å². The van der Waals surface area contributed by atoms with Crippen LogP contribution in [0.25, 0.3) is 0 Å². The molecule has 1 N–H and O–H groups in total. The highest BCUT2D eigenvalue weighted by atomic mass is 32.2. The van der Waals surface area contributed by atoms with Crippen LogP contribution in [0.2, 0.25) is 0 Å². The zero-order valence-corrected chi connectivity index (χ0v) is 17.4. The number of nitrogens with zero attached hydrogens (tertiary/aromatic N) is 1. The van der Waals surface area contributed by atoms with E-state index in [1.165, 1.54) is 17.8 Å². The molecule has 0 bridgehead atoms. The standard InChI is InChI=1S/C22H23F3N2O2S/c1-15(16-7-6-8-17(13-16)22(23,24)25)26-21(29)18-9-2-3-10-19(18)30-14-20(28)27-11-4-5-12-27/h2-3,6-10,13,15H,4-5,11-12,14H2,1H3,(H,26,29). The lowest BCUT2D eigenvalue weighted by atomic mass is 10.0. The van der Waals surface area contributed by atoms with E-state index in [4.69, 9.17) is 0 Å². The summed E-state index contributed by atoms with van der Waals surface area (Å²) in [4.78, 5) is 27.6. The molecular formula is C22H23F3N2O2S. The molecule has 160 valence electrons. The number of rotatable bonds is 6. The summed E-state index contributed by atoms with van der Waals surface area (Å²) in [7, 11) is 0. The first kappa shape index (κ1) is 22.2. The number of halogens is 3. The first-order valence-corrected chi connectivity index (χ1v) is 10.7. The van der Waals surface area contributed by atoms with Crippen LogP contribution in [0, 0.1) is 0 Å². The lowest BCUT2D eigenvalue weighted by molar-refractivity contribution is -0.137. The molecular weight excluding hydrogens is 413 g/mol. The van der Waals surface area contributed by atoms with Gasteiger partial charge >= 0.3 is 6.18 Å². The zero-order chi connectivity index (χ0) is 21.7. The molecule has 0 radical (unpaired) electrons. The van der Waals surface area contributed by atoms with E-state index in [0.717, 1.165) is 38.1 Å². The Bertz CT molecular complexity index is 911. The zero-order valence-electron chi connectivity index (χ0n) is 16.5. The molecule has 1 fully saturated rings. The molecule has 0 saturated carbocycles. The van der Waals surface area contributed by atoms with E-state index in [0.29, 0.717) is 16.0 Å². The van der Waals surface area contributed by atoms with Crippen molar-refractivity contribution in [1.29, 1.82) is 0 Å². The Morgan fingerprint density at radius 1 is 1.10 bits per heavy atom. The summed E-state index contributed by atoms with van der Waals surface area (Å²) in [6.45, 7) is 3.19. The minimum absolute atomic E-state index is 0.0463. The number of hydrogen-bond acceptors (Lipinski definition) is 3. The highest BCUT2D eigenvalue weighted by molar-refractivity contribution is 8.00. The first-order chi connectivity index (χ1) is 14.3. The number of hydrogen-bond donors (Lipinski definition) is 1. The van der Waals surface area contributed by atoms with Crippen LogP contribution in [0.15, 0.2) is 53.4 Å². The number of likely N-dealkylation sites (tertiary alicyclic amines) is 1. The van der Waals surface area contributed by atoms with Gasteiger partial charge < -0.3 is 10.2 Å². The van der Waals surface area contributed by atoms with Gasteiger partial charge in [-0.3, -0.25) is 9.59 Å². The highest BCUT2D eigenvalue weighted by Gasteiger charge is 2.31. The van der Waals surface area contributed by atoms with E-state index >= 15 is 0 Å². The topological polar surface area (TPSA) is 49.4 Å². The third kappa shape index (κ3) is 5.56. The molecule has 8 heteroatoms. The van der Waals surface area contributed by atoms with Gasteiger partial charge in [0.25, 0.3) is 5.91 Å². The molecule has 2 aromatic carbocycles. The van der Waals surface area contributed by atoms with Gasteiger partial charge in [0, 0.05) is 18.0 Å². The maximum absolute atomic E-state index is 13.0. The van der Waals surface area contributed by atoms with Crippen molar-refractivity contribution >= 4 is 23.6 Å². The van der Waals surface area contributed by atoms with Crippen LogP contribution >= 0.6 is 11.8 Å². The molecule has 0 aliphatic carbocycles. The van der Waals surface area contributed by atoms with Crippen LogP contribution in [0.1, 0.15) is 47.3 Å². The molecule has 0 aromatic heterocycles. The summed E-state index contributed by atoms with van der Waals surface area (Å²) in [5, 5.41) is 2.76. The van der Waals surface area contributed by atoms with E-state index in [1.54, 1.807) is 37.3 Å². The largest absolute Gasteiger partial charge is 0.416 e. The van der Waals surface area contributed by atoms with Gasteiger partial charge in [-0.25, -0.2) is 0 Å². The molecule has 1 heterocycles. The lowest BCUT2D eigenvalue weighted by Crippen LogP contribution is -2.29. The average molecular weight is 436 g/mol. The minimum Gasteiger partial charge on any atom is -0.345 e. The summed E-state index contributed by atoms with van der Waals surface area (Å²) < 4.78 is 38.9. The Balaban J connectivity index is 1.67. The third-order valence-corrected chi connectivity index (χ3v) is 6.06. The lowest BCUT2D eigenvalue weighted by Gasteiger charge is -2.18. The maximum atomic E-state index is 13.0. The minimum atomic E-state index is -4.44. The number of nitrogens with one attached hydrogen (secondary N) is 1. The number of amides is 2. The van der Waals surface area contributed by atoms with Crippen LogP contribution in [-0.2, 0) is 11.0 Å². The predicted octanol–water partition coefficient (Wildman–Crippen LogP) is 4.91. The van der Waals surface area contributed by atoms with Gasteiger partial charge in [0.1, 0.15) is 0 Å². The number of carbonyl (C=O) groups is 2. The average Bonchev–Trinajstić information content (AvgIpc) is 3.26. The molecule has 3 rings (SSSR count). The molecule has 2 aromatic rings. The van der Waals surface area contributed by atoms with Crippen molar-refractivity contribution in [2.24, 2.45) is 0 Å². The van der Waals surface area contributed by atoms with Crippen LogP contribution in [0.4, 0.5) is 13.2 Å². The summed E-state index contributed by atoms with van der Waals surface area (Å²) >= 11 is 1.30. The van der Waals surface area contributed by atoms with Crippen molar-refractivity contribution in [2.45, 2.75) is 36.9 Å². The summed E-state index contributed by atoms with van der Waals surface area (Å²) in [5.41, 5.74) is 0.0144. The van der Waals surface area contributed by atoms with E-state index in [2.05, 4.69) is 5.32 Å². The third-order valence-electron chi connectivity index (χ3n) is 5.00. The van der Waals surface area contributed by atoms with Crippen molar-refractivity contribution in [3.8, 4) is 0 Å². The molecule has 30 heavy (non-hydrogen) atoms.